The Morgan fingerprint density at radius 1 is 1.69 bits per heavy atom. The Morgan fingerprint density at radius 2 is 2.38 bits per heavy atom. The van der Waals surface area contributed by atoms with Crippen LogP contribution in [0.15, 0.2) is 12.2 Å². The monoisotopic (exact) mass is 183 g/mol. The van der Waals surface area contributed by atoms with E-state index in [1.807, 2.05) is 13.8 Å². The maximum atomic E-state index is 11.6. The van der Waals surface area contributed by atoms with E-state index in [9.17, 15) is 4.79 Å². The molecule has 0 aromatic heterocycles. The zero-order valence-corrected chi connectivity index (χ0v) is 8.35. The van der Waals surface area contributed by atoms with Crippen molar-refractivity contribution in [2.75, 3.05) is 13.2 Å². The molecule has 1 amide bonds. The van der Waals surface area contributed by atoms with Gasteiger partial charge in [-0.05, 0) is 26.7 Å². The molecule has 3 heteroatoms. The topological polar surface area (TPSA) is 38.3 Å². The second kappa shape index (κ2) is 3.92. The fourth-order valence-corrected chi connectivity index (χ4v) is 1.38. The van der Waals surface area contributed by atoms with Gasteiger partial charge in [-0.2, -0.15) is 0 Å². The molecular formula is C10H17NO2. The lowest BCUT2D eigenvalue weighted by molar-refractivity contribution is -0.139. The third kappa shape index (κ3) is 2.56. The van der Waals surface area contributed by atoms with Crippen molar-refractivity contribution in [3.05, 3.63) is 12.2 Å². The molecule has 0 aromatic rings. The molecule has 13 heavy (non-hydrogen) atoms. The Morgan fingerprint density at radius 3 is 2.85 bits per heavy atom. The predicted molar refractivity (Wildman–Crippen MR) is 51.4 cm³/mol. The molecule has 1 unspecified atom stereocenters. The minimum Gasteiger partial charge on any atom is -0.365 e. The first-order chi connectivity index (χ1) is 6.04. The maximum Gasteiger partial charge on any atom is 0.252 e. The van der Waals surface area contributed by atoms with Gasteiger partial charge >= 0.3 is 0 Å². The Balaban J connectivity index is 2.42. The molecule has 0 aromatic carbocycles. The van der Waals surface area contributed by atoms with Gasteiger partial charge in [0.15, 0.2) is 0 Å². The maximum absolute atomic E-state index is 11.6. The fourth-order valence-electron chi connectivity index (χ4n) is 1.38. The highest BCUT2D eigenvalue weighted by atomic mass is 16.5. The minimum atomic E-state index is -0.602. The Hall–Kier alpha value is -0.830. The highest BCUT2D eigenvalue weighted by molar-refractivity contribution is 5.85. The fraction of sp³-hybridized carbons (Fsp3) is 0.700. The van der Waals surface area contributed by atoms with E-state index in [1.54, 1.807) is 0 Å². The molecule has 0 bridgehead atoms. The zero-order valence-electron chi connectivity index (χ0n) is 8.35. The highest BCUT2D eigenvalue weighted by Gasteiger charge is 2.37. The van der Waals surface area contributed by atoms with Crippen LogP contribution in [0.2, 0.25) is 0 Å². The highest BCUT2D eigenvalue weighted by Crippen LogP contribution is 2.24. The molecule has 1 fully saturated rings. The summed E-state index contributed by atoms with van der Waals surface area (Å²) in [4.78, 5) is 11.6. The number of nitrogens with one attached hydrogen (secondary N) is 1. The van der Waals surface area contributed by atoms with Crippen LogP contribution in [-0.2, 0) is 9.53 Å². The number of carbonyl (C=O) groups is 1. The van der Waals surface area contributed by atoms with E-state index in [0.717, 1.165) is 18.4 Å². The van der Waals surface area contributed by atoms with Crippen molar-refractivity contribution < 1.29 is 9.53 Å². The molecule has 1 rings (SSSR count). The van der Waals surface area contributed by atoms with E-state index in [2.05, 4.69) is 11.9 Å². The Labute approximate surface area is 79.2 Å². The first-order valence-electron chi connectivity index (χ1n) is 4.61. The second-order valence-corrected chi connectivity index (χ2v) is 3.82. The quantitative estimate of drug-likeness (QED) is 0.669. The van der Waals surface area contributed by atoms with Gasteiger partial charge in [-0.15, -0.1) is 0 Å². The smallest absolute Gasteiger partial charge is 0.252 e. The molecule has 0 saturated carbocycles. The van der Waals surface area contributed by atoms with Crippen LogP contribution in [0.3, 0.4) is 0 Å². The molecule has 0 radical (unpaired) electrons. The summed E-state index contributed by atoms with van der Waals surface area (Å²) in [6, 6.07) is 0. The van der Waals surface area contributed by atoms with Crippen LogP contribution in [0, 0.1) is 0 Å². The first kappa shape index (κ1) is 10.3. The lowest BCUT2D eigenvalue weighted by Crippen LogP contribution is -2.44. The number of amides is 1. The standard InChI is InChI=1S/C10H17NO2/c1-8(2)7-11-9(12)10(3)5-4-6-13-10/h1,4-7H2,2-3H3,(H,11,12). The van der Waals surface area contributed by atoms with E-state index in [1.165, 1.54) is 0 Å². The third-order valence-corrected chi connectivity index (χ3v) is 2.25. The van der Waals surface area contributed by atoms with Gasteiger partial charge in [0.25, 0.3) is 5.91 Å². The number of rotatable bonds is 3. The van der Waals surface area contributed by atoms with E-state index in [-0.39, 0.29) is 5.91 Å². The van der Waals surface area contributed by atoms with Gasteiger partial charge in [0, 0.05) is 13.2 Å². The van der Waals surface area contributed by atoms with Crippen LogP contribution in [0.25, 0.3) is 0 Å². The number of hydrogen-bond acceptors (Lipinski definition) is 2. The van der Waals surface area contributed by atoms with Crippen LogP contribution >= 0.6 is 0 Å². The predicted octanol–water partition coefficient (Wildman–Crippen LogP) is 1.25. The average Bonchev–Trinajstić information content (AvgIpc) is 2.49. The Bertz CT molecular complexity index is 217. The van der Waals surface area contributed by atoms with E-state index < -0.39 is 5.60 Å². The second-order valence-electron chi connectivity index (χ2n) is 3.82. The van der Waals surface area contributed by atoms with Crippen LogP contribution in [-0.4, -0.2) is 24.7 Å². The number of ether oxygens (including phenoxy) is 1. The molecule has 1 aliphatic rings. The van der Waals surface area contributed by atoms with Gasteiger partial charge in [0.1, 0.15) is 5.60 Å². The summed E-state index contributed by atoms with van der Waals surface area (Å²) in [5, 5.41) is 2.80. The lowest BCUT2D eigenvalue weighted by Gasteiger charge is -2.21. The summed E-state index contributed by atoms with van der Waals surface area (Å²) in [7, 11) is 0. The van der Waals surface area contributed by atoms with Gasteiger partial charge in [-0.25, -0.2) is 0 Å². The zero-order chi connectivity index (χ0) is 9.90. The SMILES string of the molecule is C=C(C)CNC(=O)C1(C)CCCO1. The normalized spacial score (nSPS) is 27.2. The van der Waals surface area contributed by atoms with Gasteiger partial charge in [0.05, 0.1) is 0 Å². The van der Waals surface area contributed by atoms with Crippen molar-refractivity contribution in [1.29, 1.82) is 0 Å². The van der Waals surface area contributed by atoms with Crippen molar-refractivity contribution in [3.63, 3.8) is 0 Å². The van der Waals surface area contributed by atoms with Crippen molar-refractivity contribution in [1.82, 2.24) is 5.32 Å². The molecule has 0 aliphatic carbocycles. The molecule has 1 aliphatic heterocycles. The van der Waals surface area contributed by atoms with Crippen LogP contribution < -0.4 is 5.32 Å². The lowest BCUT2D eigenvalue weighted by atomic mass is 10.0. The molecule has 3 nitrogen and oxygen atoms in total. The van der Waals surface area contributed by atoms with Crippen molar-refractivity contribution in [2.45, 2.75) is 32.3 Å². The molecule has 1 N–H and O–H groups in total. The van der Waals surface area contributed by atoms with Crippen LogP contribution in [0.4, 0.5) is 0 Å². The Kier molecular flexibility index (Phi) is 3.09. The summed E-state index contributed by atoms with van der Waals surface area (Å²) >= 11 is 0. The van der Waals surface area contributed by atoms with Crippen LogP contribution in [0.1, 0.15) is 26.7 Å². The van der Waals surface area contributed by atoms with Gasteiger partial charge < -0.3 is 10.1 Å². The van der Waals surface area contributed by atoms with Crippen molar-refractivity contribution >= 4 is 5.91 Å². The molecule has 74 valence electrons. The van der Waals surface area contributed by atoms with Gasteiger partial charge in [-0.3, -0.25) is 4.79 Å². The van der Waals surface area contributed by atoms with E-state index in [0.29, 0.717) is 13.2 Å². The summed E-state index contributed by atoms with van der Waals surface area (Å²) in [5.41, 5.74) is 0.352. The summed E-state index contributed by atoms with van der Waals surface area (Å²) in [6.07, 6.45) is 1.78. The summed E-state index contributed by atoms with van der Waals surface area (Å²) < 4.78 is 5.39. The number of carbonyl (C=O) groups excluding carboxylic acids is 1. The summed E-state index contributed by atoms with van der Waals surface area (Å²) in [5.74, 6) is -0.0204. The number of hydrogen-bond donors (Lipinski definition) is 1. The largest absolute Gasteiger partial charge is 0.365 e. The van der Waals surface area contributed by atoms with E-state index >= 15 is 0 Å². The molecule has 0 spiro atoms. The minimum absolute atomic E-state index is 0.0204. The van der Waals surface area contributed by atoms with E-state index in [4.69, 9.17) is 4.74 Å². The molecule has 1 saturated heterocycles. The molecular weight excluding hydrogens is 166 g/mol. The van der Waals surface area contributed by atoms with Crippen molar-refractivity contribution in [2.24, 2.45) is 0 Å². The van der Waals surface area contributed by atoms with Gasteiger partial charge in [-0.1, -0.05) is 12.2 Å². The van der Waals surface area contributed by atoms with Crippen LogP contribution in [0.5, 0.6) is 0 Å². The molecule has 1 heterocycles. The molecule has 1 atom stereocenters. The van der Waals surface area contributed by atoms with Crippen molar-refractivity contribution in [3.8, 4) is 0 Å². The summed E-state index contributed by atoms with van der Waals surface area (Å²) in [6.45, 7) is 8.68. The third-order valence-electron chi connectivity index (χ3n) is 2.25. The average molecular weight is 183 g/mol. The van der Waals surface area contributed by atoms with Gasteiger partial charge in [0.2, 0.25) is 0 Å². The first-order valence-corrected chi connectivity index (χ1v) is 4.61.